The third-order valence-electron chi connectivity index (χ3n) is 9.35. The fourth-order valence-electron chi connectivity index (χ4n) is 6.60. The van der Waals surface area contributed by atoms with Crippen LogP contribution in [0.2, 0.25) is 0 Å². The summed E-state index contributed by atoms with van der Waals surface area (Å²) in [4.78, 5) is 16.7. The highest BCUT2D eigenvalue weighted by molar-refractivity contribution is 8.04. The first-order valence-corrected chi connectivity index (χ1v) is 18.0. The standard InChI is InChI=1S/C34H46N2O7S2/c1-23-20-30(27(33(2,3)4)21-29(23)43-45(40,41)36-18-16-35(5)17-19-36)44-31-28(38)22-34(42-32(31)39,25-8-6-7-9-25)15-14-24-10-12-26(37)13-11-24/h10-13,20-21,25,37-38H,6-9,14-19,22H2,1-5H3. The Morgan fingerprint density at radius 2 is 1.69 bits per heavy atom. The number of piperazine rings is 1. The van der Waals surface area contributed by atoms with Crippen LogP contribution in [0, 0.1) is 12.8 Å². The molecule has 0 bridgehead atoms. The van der Waals surface area contributed by atoms with Gasteiger partial charge in [-0.25, -0.2) is 4.79 Å². The summed E-state index contributed by atoms with van der Waals surface area (Å²) < 4.78 is 39.7. The number of aliphatic hydroxyl groups is 1. The molecule has 45 heavy (non-hydrogen) atoms. The second-order valence-corrected chi connectivity index (χ2v) is 16.4. The lowest BCUT2D eigenvalue weighted by atomic mass is 9.77. The van der Waals surface area contributed by atoms with Crippen LogP contribution in [0.15, 0.2) is 52.0 Å². The molecule has 11 heteroatoms. The molecular formula is C34H46N2O7S2. The van der Waals surface area contributed by atoms with Crippen molar-refractivity contribution in [3.8, 4) is 11.5 Å². The number of esters is 1. The van der Waals surface area contributed by atoms with Gasteiger partial charge in [-0.1, -0.05) is 57.5 Å². The lowest BCUT2D eigenvalue weighted by Crippen LogP contribution is -2.48. The smallest absolute Gasteiger partial charge is 0.385 e. The zero-order valence-corrected chi connectivity index (χ0v) is 28.6. The third-order valence-corrected chi connectivity index (χ3v) is 11.9. The van der Waals surface area contributed by atoms with Crippen LogP contribution in [0.1, 0.15) is 76.0 Å². The van der Waals surface area contributed by atoms with Crippen LogP contribution in [-0.4, -0.2) is 72.6 Å². The Balaban J connectivity index is 1.41. The number of carbonyl (C=O) groups excluding carboxylic acids is 1. The summed E-state index contributed by atoms with van der Waals surface area (Å²) in [6.45, 7) is 9.84. The highest BCUT2D eigenvalue weighted by Gasteiger charge is 2.48. The van der Waals surface area contributed by atoms with E-state index < -0.39 is 27.3 Å². The Kier molecular flexibility index (Phi) is 9.85. The number of thioether (sulfide) groups is 1. The normalized spacial score (nSPS) is 22.6. The van der Waals surface area contributed by atoms with E-state index >= 15 is 0 Å². The van der Waals surface area contributed by atoms with Crippen LogP contribution >= 0.6 is 11.8 Å². The second-order valence-electron chi connectivity index (χ2n) is 13.8. The molecule has 1 saturated carbocycles. The van der Waals surface area contributed by atoms with Crippen molar-refractivity contribution < 1.29 is 32.3 Å². The van der Waals surface area contributed by atoms with Gasteiger partial charge < -0.3 is 24.0 Å². The summed E-state index contributed by atoms with van der Waals surface area (Å²) in [5.74, 6) is 0.123. The predicted octanol–water partition coefficient (Wildman–Crippen LogP) is 6.24. The zero-order valence-electron chi connectivity index (χ0n) is 27.0. The van der Waals surface area contributed by atoms with Crippen molar-refractivity contribution in [1.29, 1.82) is 0 Å². The predicted molar refractivity (Wildman–Crippen MR) is 176 cm³/mol. The van der Waals surface area contributed by atoms with Crippen molar-refractivity contribution in [2.75, 3.05) is 33.2 Å². The number of aromatic hydroxyl groups is 1. The summed E-state index contributed by atoms with van der Waals surface area (Å²) in [5, 5.41) is 21.2. The number of ether oxygens (including phenoxy) is 1. The molecule has 2 fully saturated rings. The second kappa shape index (κ2) is 13.2. The molecule has 5 rings (SSSR count). The molecule has 2 aromatic rings. The molecule has 0 radical (unpaired) electrons. The van der Waals surface area contributed by atoms with E-state index in [2.05, 4.69) is 4.90 Å². The first kappa shape index (κ1) is 33.6. The molecule has 1 saturated heterocycles. The monoisotopic (exact) mass is 658 g/mol. The van der Waals surface area contributed by atoms with Gasteiger partial charge in [-0.05, 0) is 91.9 Å². The molecule has 3 aliphatic rings. The van der Waals surface area contributed by atoms with Gasteiger partial charge in [0.05, 0.1) is 0 Å². The fourth-order valence-corrected chi connectivity index (χ4v) is 8.97. The summed E-state index contributed by atoms with van der Waals surface area (Å²) in [7, 11) is -2.03. The minimum Gasteiger partial charge on any atom is -0.511 e. The third kappa shape index (κ3) is 7.64. The number of phenols is 1. The molecule has 2 N–H and O–H groups in total. The first-order valence-electron chi connectivity index (χ1n) is 15.8. The van der Waals surface area contributed by atoms with Crippen LogP contribution in [-0.2, 0) is 31.7 Å². The van der Waals surface area contributed by atoms with Gasteiger partial charge in [0, 0.05) is 37.5 Å². The summed E-state index contributed by atoms with van der Waals surface area (Å²) in [6.07, 6.45) is 5.53. The number of benzene rings is 2. The molecule has 2 aromatic carbocycles. The van der Waals surface area contributed by atoms with Crippen LogP contribution in [0.3, 0.4) is 0 Å². The van der Waals surface area contributed by atoms with Crippen molar-refractivity contribution in [2.24, 2.45) is 5.92 Å². The number of aliphatic hydroxyl groups excluding tert-OH is 1. The Morgan fingerprint density at radius 3 is 2.29 bits per heavy atom. The van der Waals surface area contributed by atoms with Crippen molar-refractivity contribution in [3.63, 3.8) is 0 Å². The summed E-state index contributed by atoms with van der Waals surface area (Å²) in [6, 6.07) is 10.6. The summed E-state index contributed by atoms with van der Waals surface area (Å²) >= 11 is 1.17. The highest BCUT2D eigenvalue weighted by atomic mass is 32.2. The van der Waals surface area contributed by atoms with E-state index in [1.54, 1.807) is 25.1 Å². The Bertz CT molecular complexity index is 1540. The molecule has 2 heterocycles. The number of aryl methyl sites for hydroxylation is 2. The molecule has 0 amide bonds. The number of phenolic OH excluding ortho intramolecular Hbond substituents is 1. The molecule has 246 valence electrons. The summed E-state index contributed by atoms with van der Waals surface area (Å²) in [5.41, 5.74) is 1.24. The van der Waals surface area contributed by atoms with Gasteiger partial charge >= 0.3 is 16.3 Å². The fraction of sp³-hybridized carbons (Fsp3) is 0.559. The topological polar surface area (TPSA) is 117 Å². The largest absolute Gasteiger partial charge is 0.511 e. The Hall–Kier alpha value is -2.73. The van der Waals surface area contributed by atoms with Gasteiger partial charge in [0.1, 0.15) is 27.8 Å². The molecule has 1 aliphatic carbocycles. The van der Waals surface area contributed by atoms with Crippen molar-refractivity contribution in [3.05, 3.63) is 63.8 Å². The van der Waals surface area contributed by atoms with Crippen LogP contribution in [0.25, 0.3) is 0 Å². The highest BCUT2D eigenvalue weighted by Crippen LogP contribution is 2.49. The molecule has 0 spiro atoms. The van der Waals surface area contributed by atoms with Gasteiger partial charge in [-0.2, -0.15) is 12.7 Å². The van der Waals surface area contributed by atoms with Gasteiger partial charge in [0.15, 0.2) is 0 Å². The van der Waals surface area contributed by atoms with E-state index in [4.69, 9.17) is 8.92 Å². The number of cyclic esters (lactones) is 1. The van der Waals surface area contributed by atoms with Crippen LogP contribution in [0.5, 0.6) is 11.5 Å². The molecule has 9 nitrogen and oxygen atoms in total. The Labute approximate surface area is 271 Å². The van der Waals surface area contributed by atoms with E-state index in [9.17, 15) is 23.4 Å². The number of likely N-dealkylation sites (N-methyl/N-ethyl adjacent to an activating group) is 1. The zero-order chi connectivity index (χ0) is 32.6. The Morgan fingerprint density at radius 1 is 1.04 bits per heavy atom. The van der Waals surface area contributed by atoms with Gasteiger partial charge in [-0.15, -0.1) is 0 Å². The number of hydrogen-bond acceptors (Lipinski definition) is 9. The lowest BCUT2D eigenvalue weighted by Gasteiger charge is -2.41. The quantitative estimate of drug-likeness (QED) is 0.302. The van der Waals surface area contributed by atoms with E-state index in [1.807, 2.05) is 46.0 Å². The maximum Gasteiger partial charge on any atom is 0.385 e. The molecular weight excluding hydrogens is 613 g/mol. The average Bonchev–Trinajstić information content (AvgIpc) is 3.52. The van der Waals surface area contributed by atoms with Crippen molar-refractivity contribution in [2.45, 2.75) is 88.6 Å². The average molecular weight is 659 g/mol. The molecule has 2 aliphatic heterocycles. The minimum absolute atomic E-state index is 0.0318. The van der Waals surface area contributed by atoms with Crippen LogP contribution < -0.4 is 4.18 Å². The van der Waals surface area contributed by atoms with E-state index in [-0.39, 0.29) is 34.5 Å². The number of nitrogens with zero attached hydrogens (tertiary/aromatic N) is 2. The van der Waals surface area contributed by atoms with E-state index in [0.29, 0.717) is 44.6 Å². The molecule has 0 aromatic heterocycles. The number of rotatable bonds is 9. The van der Waals surface area contributed by atoms with Crippen molar-refractivity contribution >= 4 is 28.0 Å². The number of hydrogen-bond donors (Lipinski definition) is 2. The maximum atomic E-state index is 13.7. The van der Waals surface area contributed by atoms with E-state index in [0.717, 1.165) is 41.7 Å². The first-order chi connectivity index (χ1) is 21.2. The van der Waals surface area contributed by atoms with Crippen molar-refractivity contribution in [1.82, 2.24) is 9.21 Å². The minimum atomic E-state index is -3.99. The molecule has 1 unspecified atom stereocenters. The lowest BCUT2D eigenvalue weighted by molar-refractivity contribution is -0.166. The number of carbonyl (C=O) groups is 1. The van der Waals surface area contributed by atoms with Gasteiger partial charge in [0.25, 0.3) is 0 Å². The van der Waals surface area contributed by atoms with E-state index in [1.165, 1.54) is 16.1 Å². The molecule has 1 atom stereocenters. The maximum absolute atomic E-state index is 13.7. The van der Waals surface area contributed by atoms with Gasteiger partial charge in [-0.3, -0.25) is 0 Å². The van der Waals surface area contributed by atoms with Crippen LogP contribution in [0.4, 0.5) is 0 Å². The van der Waals surface area contributed by atoms with Gasteiger partial charge in [0.2, 0.25) is 0 Å². The SMILES string of the molecule is Cc1cc(SC2=C(O)CC(CCc3ccc(O)cc3)(C3CCCC3)OC2=O)c(C(C)(C)C)cc1OS(=O)(=O)N1CCN(C)CC1.